The fraction of sp³-hybridized carbons (Fsp3) is 0.615. The van der Waals surface area contributed by atoms with E-state index in [9.17, 15) is 4.79 Å². The zero-order chi connectivity index (χ0) is 13.8. The van der Waals surface area contributed by atoms with Gasteiger partial charge in [0.15, 0.2) is 0 Å². The molecule has 0 saturated carbocycles. The van der Waals surface area contributed by atoms with E-state index in [2.05, 4.69) is 17.1 Å². The molecule has 1 atom stereocenters. The van der Waals surface area contributed by atoms with Gasteiger partial charge < -0.3 is 10.2 Å². The Hall–Kier alpha value is -0.330. The number of hydrogen-bond acceptors (Lipinski definition) is 4. The van der Waals surface area contributed by atoms with Crippen molar-refractivity contribution in [2.45, 2.75) is 19.5 Å². The fourth-order valence-corrected chi connectivity index (χ4v) is 3.31. The maximum atomic E-state index is 12.2. The predicted octanol–water partition coefficient (Wildman–Crippen LogP) is 2.08. The van der Waals surface area contributed by atoms with E-state index in [0.29, 0.717) is 19.1 Å². The second-order valence-electron chi connectivity index (χ2n) is 4.98. The van der Waals surface area contributed by atoms with Gasteiger partial charge in [0.25, 0.3) is 0 Å². The van der Waals surface area contributed by atoms with Crippen molar-refractivity contribution in [1.82, 2.24) is 15.1 Å². The molecule has 0 radical (unpaired) electrons. The Kier molecular flexibility index (Phi) is 7.26. The molecule has 1 aliphatic rings. The van der Waals surface area contributed by atoms with Gasteiger partial charge in [0.1, 0.15) is 0 Å². The lowest BCUT2D eigenvalue weighted by Crippen LogP contribution is -2.52. The minimum Gasteiger partial charge on any atom is -0.340 e. The lowest BCUT2D eigenvalue weighted by Gasteiger charge is -2.34. The Bertz CT molecular complexity index is 441. The molecule has 2 rings (SSSR count). The van der Waals surface area contributed by atoms with Crippen LogP contribution in [0, 0.1) is 0 Å². The van der Waals surface area contributed by atoms with E-state index in [1.54, 1.807) is 4.90 Å². The molecule has 20 heavy (non-hydrogen) atoms. The summed E-state index contributed by atoms with van der Waals surface area (Å²) < 4.78 is 0.770. The van der Waals surface area contributed by atoms with Crippen molar-refractivity contribution >= 4 is 41.3 Å². The van der Waals surface area contributed by atoms with E-state index in [1.165, 1.54) is 11.3 Å². The van der Waals surface area contributed by atoms with Gasteiger partial charge in [0.2, 0.25) is 5.91 Å². The van der Waals surface area contributed by atoms with Crippen molar-refractivity contribution in [3.8, 4) is 0 Å². The summed E-state index contributed by atoms with van der Waals surface area (Å²) in [6, 6.07) is 4.27. The molecule has 1 aromatic rings. The van der Waals surface area contributed by atoms with Crippen LogP contribution in [-0.2, 0) is 11.3 Å². The van der Waals surface area contributed by atoms with Crippen molar-refractivity contribution in [2.24, 2.45) is 0 Å². The molecule has 7 heteroatoms. The largest absolute Gasteiger partial charge is 0.340 e. The van der Waals surface area contributed by atoms with Gasteiger partial charge in [-0.15, -0.1) is 23.7 Å². The first-order chi connectivity index (χ1) is 9.06. The second kappa shape index (κ2) is 8.20. The quantitative estimate of drug-likeness (QED) is 0.913. The number of carbonyl (C=O) groups is 1. The van der Waals surface area contributed by atoms with Crippen LogP contribution in [0.5, 0.6) is 0 Å². The maximum absolute atomic E-state index is 12.2. The Labute approximate surface area is 135 Å². The molecule has 1 amide bonds. The highest BCUT2D eigenvalue weighted by Gasteiger charge is 2.22. The summed E-state index contributed by atoms with van der Waals surface area (Å²) in [4.78, 5) is 17.3. The smallest absolute Gasteiger partial charge is 0.236 e. The van der Waals surface area contributed by atoms with Crippen LogP contribution in [-0.4, -0.2) is 55.0 Å². The minimum atomic E-state index is 0. The zero-order valence-electron chi connectivity index (χ0n) is 11.8. The van der Waals surface area contributed by atoms with Gasteiger partial charge >= 0.3 is 0 Å². The van der Waals surface area contributed by atoms with Crippen LogP contribution in [0.4, 0.5) is 0 Å². The van der Waals surface area contributed by atoms with Gasteiger partial charge in [-0.25, -0.2) is 0 Å². The van der Waals surface area contributed by atoms with Gasteiger partial charge in [0.05, 0.1) is 17.4 Å². The van der Waals surface area contributed by atoms with E-state index in [0.717, 1.165) is 28.8 Å². The molecule has 0 spiro atoms. The maximum Gasteiger partial charge on any atom is 0.236 e. The predicted molar refractivity (Wildman–Crippen MR) is 87.0 cm³/mol. The number of amides is 1. The number of thiophene rings is 1. The van der Waals surface area contributed by atoms with Crippen molar-refractivity contribution < 1.29 is 4.79 Å². The van der Waals surface area contributed by atoms with Crippen LogP contribution in [0.3, 0.4) is 0 Å². The number of hydrogen-bond donors (Lipinski definition) is 1. The highest BCUT2D eigenvalue weighted by atomic mass is 35.5. The summed E-state index contributed by atoms with van der Waals surface area (Å²) in [6.45, 7) is 6.14. The van der Waals surface area contributed by atoms with Crippen LogP contribution >= 0.6 is 35.3 Å². The van der Waals surface area contributed by atoms with Gasteiger partial charge in [-0.1, -0.05) is 11.6 Å². The Morgan fingerprint density at radius 1 is 1.60 bits per heavy atom. The molecule has 1 saturated heterocycles. The molecule has 0 aliphatic carbocycles. The van der Waals surface area contributed by atoms with E-state index in [1.807, 2.05) is 19.2 Å². The van der Waals surface area contributed by atoms with Crippen LogP contribution in [0.2, 0.25) is 4.34 Å². The zero-order valence-corrected chi connectivity index (χ0v) is 14.2. The highest BCUT2D eigenvalue weighted by Crippen LogP contribution is 2.22. The normalized spacial score (nSPS) is 19.4. The summed E-state index contributed by atoms with van der Waals surface area (Å²) in [5.74, 6) is 0.165. The molecular weight excluding hydrogens is 317 g/mol. The summed E-state index contributed by atoms with van der Waals surface area (Å²) in [5, 5.41) is 3.33. The van der Waals surface area contributed by atoms with Gasteiger partial charge in [-0.05, 0) is 19.1 Å². The lowest BCUT2D eigenvalue weighted by molar-refractivity contribution is -0.132. The van der Waals surface area contributed by atoms with E-state index < -0.39 is 0 Å². The summed E-state index contributed by atoms with van der Waals surface area (Å²) in [6.07, 6.45) is 0. The minimum absolute atomic E-state index is 0. The first-order valence-electron chi connectivity index (χ1n) is 6.49. The van der Waals surface area contributed by atoms with Gasteiger partial charge in [-0.2, -0.15) is 0 Å². The Morgan fingerprint density at radius 2 is 2.35 bits per heavy atom. The lowest BCUT2D eigenvalue weighted by atomic mass is 10.2. The fourth-order valence-electron chi connectivity index (χ4n) is 2.17. The van der Waals surface area contributed by atoms with Crippen LogP contribution in [0.25, 0.3) is 0 Å². The molecule has 1 aromatic heterocycles. The summed E-state index contributed by atoms with van der Waals surface area (Å²) in [5.41, 5.74) is 0. The molecule has 2 heterocycles. The third-order valence-corrected chi connectivity index (χ3v) is 4.64. The van der Waals surface area contributed by atoms with E-state index in [4.69, 9.17) is 11.6 Å². The third-order valence-electron chi connectivity index (χ3n) is 3.42. The first-order valence-corrected chi connectivity index (χ1v) is 7.68. The highest BCUT2D eigenvalue weighted by molar-refractivity contribution is 7.16. The van der Waals surface area contributed by atoms with E-state index in [-0.39, 0.29) is 18.3 Å². The number of nitrogens with one attached hydrogen (secondary N) is 1. The van der Waals surface area contributed by atoms with Gasteiger partial charge in [0, 0.05) is 37.6 Å². The molecule has 1 N–H and O–H groups in total. The van der Waals surface area contributed by atoms with Crippen molar-refractivity contribution in [3.05, 3.63) is 21.3 Å². The van der Waals surface area contributed by atoms with Crippen molar-refractivity contribution in [2.75, 3.05) is 33.2 Å². The molecule has 114 valence electrons. The molecule has 0 unspecified atom stereocenters. The molecule has 1 fully saturated rings. The number of piperazine rings is 1. The monoisotopic (exact) mass is 337 g/mol. The first kappa shape index (κ1) is 17.7. The Balaban J connectivity index is 0.00000200. The third kappa shape index (κ3) is 4.90. The van der Waals surface area contributed by atoms with Crippen molar-refractivity contribution in [1.29, 1.82) is 0 Å². The number of halogens is 2. The van der Waals surface area contributed by atoms with Gasteiger partial charge in [-0.3, -0.25) is 9.69 Å². The average Bonchev–Trinajstić information content (AvgIpc) is 2.77. The molecule has 0 aromatic carbocycles. The SMILES string of the molecule is C[C@@H]1CNCCN1CC(=O)N(C)Cc1ccc(Cl)s1.Cl. The average molecular weight is 338 g/mol. The number of nitrogens with zero attached hydrogens (tertiary/aromatic N) is 2. The van der Waals surface area contributed by atoms with E-state index >= 15 is 0 Å². The molecule has 1 aliphatic heterocycles. The topological polar surface area (TPSA) is 35.6 Å². The standard InChI is InChI=1S/C13H20ClN3OS.ClH/c1-10-7-15-5-6-17(10)9-13(18)16(2)8-11-3-4-12(14)19-11;/h3-4,10,15H,5-9H2,1-2H3;1H/t10-;/m1./s1. The molecular formula is C13H21Cl2N3OS. The van der Waals surface area contributed by atoms with Crippen molar-refractivity contribution in [3.63, 3.8) is 0 Å². The number of rotatable bonds is 4. The summed E-state index contributed by atoms with van der Waals surface area (Å²) >= 11 is 7.43. The van der Waals surface area contributed by atoms with Crippen LogP contribution in [0.15, 0.2) is 12.1 Å². The number of carbonyl (C=O) groups excluding carboxylic acids is 1. The molecule has 0 bridgehead atoms. The van der Waals surface area contributed by atoms with Crippen LogP contribution in [0.1, 0.15) is 11.8 Å². The second-order valence-corrected chi connectivity index (χ2v) is 6.78. The number of likely N-dealkylation sites (N-methyl/N-ethyl adjacent to an activating group) is 1. The Morgan fingerprint density at radius 3 is 2.95 bits per heavy atom. The molecule has 4 nitrogen and oxygen atoms in total. The summed E-state index contributed by atoms with van der Waals surface area (Å²) in [7, 11) is 1.85. The van der Waals surface area contributed by atoms with Crippen LogP contribution < -0.4 is 5.32 Å².